The highest BCUT2D eigenvalue weighted by molar-refractivity contribution is 5.15. The summed E-state index contributed by atoms with van der Waals surface area (Å²) in [4.78, 5) is 0. The van der Waals surface area contributed by atoms with Crippen molar-refractivity contribution in [2.45, 2.75) is 50.5 Å². The van der Waals surface area contributed by atoms with Crippen LogP contribution in [-0.2, 0) is 48.2 Å². The molecule has 0 aromatic heterocycles. The lowest BCUT2D eigenvalue weighted by Gasteiger charge is -2.45. The summed E-state index contributed by atoms with van der Waals surface area (Å²) in [6, 6.07) is 29.8. The quantitative estimate of drug-likeness (QED) is 0.223. The highest BCUT2D eigenvalue weighted by Gasteiger charge is 2.49. The molecule has 0 spiro atoms. The van der Waals surface area contributed by atoms with Gasteiger partial charge >= 0.3 is 0 Å². The first-order valence-corrected chi connectivity index (χ1v) is 13.0. The first-order valence-electron chi connectivity index (χ1n) is 13.0. The second-order valence-electron chi connectivity index (χ2n) is 9.06. The average Bonchev–Trinajstić information content (AvgIpc) is 2.99. The first-order chi connectivity index (χ1) is 19.3. The standard InChI is InChI=1S/C33H34O6/c1-3-20-34-25-29-30(36-22-26-14-8-5-9-15-26)31(37-23-27-16-10-6-11-17-27)32(33(39-29)35-21-4-2)38-24-28-18-12-7-13-19-28/h1-2,5-19,29-33H,20-25H2/t29-,30-,31+,32-,33?/m1/s1. The van der Waals surface area contributed by atoms with E-state index in [0.29, 0.717) is 19.8 Å². The zero-order chi connectivity index (χ0) is 27.1. The van der Waals surface area contributed by atoms with Crippen LogP contribution in [0.4, 0.5) is 0 Å². The van der Waals surface area contributed by atoms with Gasteiger partial charge in [-0.05, 0) is 16.7 Å². The van der Waals surface area contributed by atoms with Gasteiger partial charge in [0, 0.05) is 0 Å². The molecule has 1 unspecified atom stereocenters. The lowest BCUT2D eigenvalue weighted by Crippen LogP contribution is -2.61. The third-order valence-electron chi connectivity index (χ3n) is 6.25. The molecule has 4 rings (SSSR count). The minimum Gasteiger partial charge on any atom is -0.368 e. The van der Waals surface area contributed by atoms with Gasteiger partial charge in [0.25, 0.3) is 0 Å². The lowest BCUT2D eigenvalue weighted by molar-refractivity contribution is -0.325. The Morgan fingerprint density at radius 3 is 1.51 bits per heavy atom. The summed E-state index contributed by atoms with van der Waals surface area (Å²) >= 11 is 0. The Bertz CT molecular complexity index is 1170. The molecule has 1 aliphatic rings. The Balaban J connectivity index is 1.62. The van der Waals surface area contributed by atoms with Crippen LogP contribution in [0.25, 0.3) is 0 Å². The van der Waals surface area contributed by atoms with E-state index in [1.54, 1.807) is 0 Å². The van der Waals surface area contributed by atoms with Crippen molar-refractivity contribution in [3.05, 3.63) is 108 Å². The maximum Gasteiger partial charge on any atom is 0.188 e. The van der Waals surface area contributed by atoms with E-state index in [-0.39, 0.29) is 19.8 Å². The maximum absolute atomic E-state index is 6.56. The normalized spacial score (nSPS) is 22.6. The fourth-order valence-corrected chi connectivity index (χ4v) is 4.38. The van der Waals surface area contributed by atoms with Gasteiger partial charge in [0.2, 0.25) is 0 Å². The maximum atomic E-state index is 6.56. The minimum absolute atomic E-state index is 0.0503. The van der Waals surface area contributed by atoms with Crippen LogP contribution in [0.1, 0.15) is 16.7 Å². The molecular weight excluding hydrogens is 492 g/mol. The van der Waals surface area contributed by atoms with Crippen molar-refractivity contribution < 1.29 is 28.4 Å². The van der Waals surface area contributed by atoms with E-state index < -0.39 is 30.7 Å². The fourth-order valence-electron chi connectivity index (χ4n) is 4.38. The molecule has 1 aliphatic heterocycles. The molecule has 202 valence electrons. The fraction of sp³-hybridized carbons (Fsp3) is 0.333. The number of ether oxygens (including phenoxy) is 6. The number of rotatable bonds is 14. The van der Waals surface area contributed by atoms with Crippen LogP contribution in [0.15, 0.2) is 91.0 Å². The monoisotopic (exact) mass is 526 g/mol. The Kier molecular flexibility index (Phi) is 11.6. The van der Waals surface area contributed by atoms with E-state index in [0.717, 1.165) is 16.7 Å². The van der Waals surface area contributed by atoms with E-state index in [2.05, 4.69) is 11.8 Å². The summed E-state index contributed by atoms with van der Waals surface area (Å²) in [6.07, 6.45) is 7.87. The van der Waals surface area contributed by atoms with Crippen LogP contribution < -0.4 is 0 Å². The molecule has 6 heteroatoms. The second-order valence-corrected chi connectivity index (χ2v) is 9.06. The van der Waals surface area contributed by atoms with Crippen LogP contribution in [0, 0.1) is 24.7 Å². The Morgan fingerprint density at radius 2 is 1.03 bits per heavy atom. The van der Waals surface area contributed by atoms with Crippen LogP contribution in [0.3, 0.4) is 0 Å². The first kappa shape index (κ1) is 28.5. The third-order valence-corrected chi connectivity index (χ3v) is 6.25. The number of benzene rings is 3. The van der Waals surface area contributed by atoms with E-state index >= 15 is 0 Å². The van der Waals surface area contributed by atoms with Crippen molar-refractivity contribution >= 4 is 0 Å². The van der Waals surface area contributed by atoms with Crippen molar-refractivity contribution in [2.75, 3.05) is 19.8 Å². The lowest BCUT2D eigenvalue weighted by atomic mass is 9.97. The van der Waals surface area contributed by atoms with Gasteiger partial charge in [-0.15, -0.1) is 12.8 Å². The highest BCUT2D eigenvalue weighted by atomic mass is 16.7. The summed E-state index contributed by atoms with van der Waals surface area (Å²) in [5.74, 6) is 5.02. The third kappa shape index (κ3) is 8.78. The molecule has 0 radical (unpaired) electrons. The van der Waals surface area contributed by atoms with Crippen LogP contribution in [-0.4, -0.2) is 50.5 Å². The summed E-state index contributed by atoms with van der Waals surface area (Å²) in [5.41, 5.74) is 3.06. The molecule has 0 saturated carbocycles. The molecule has 0 N–H and O–H groups in total. The number of hydrogen-bond acceptors (Lipinski definition) is 6. The van der Waals surface area contributed by atoms with E-state index in [1.165, 1.54) is 0 Å². The second kappa shape index (κ2) is 15.8. The Morgan fingerprint density at radius 1 is 0.564 bits per heavy atom. The van der Waals surface area contributed by atoms with Gasteiger partial charge in [-0.2, -0.15) is 0 Å². The van der Waals surface area contributed by atoms with Gasteiger partial charge in [0.05, 0.1) is 26.4 Å². The molecule has 5 atom stereocenters. The van der Waals surface area contributed by atoms with Crippen LogP contribution >= 0.6 is 0 Å². The number of hydrogen-bond donors (Lipinski definition) is 0. The smallest absolute Gasteiger partial charge is 0.188 e. The van der Waals surface area contributed by atoms with Gasteiger partial charge in [0.1, 0.15) is 37.6 Å². The zero-order valence-electron chi connectivity index (χ0n) is 21.9. The molecule has 1 fully saturated rings. The van der Waals surface area contributed by atoms with E-state index in [9.17, 15) is 0 Å². The van der Waals surface area contributed by atoms with Crippen molar-refractivity contribution in [3.63, 3.8) is 0 Å². The van der Waals surface area contributed by atoms with Crippen LogP contribution in [0.2, 0.25) is 0 Å². The largest absolute Gasteiger partial charge is 0.368 e. The van der Waals surface area contributed by atoms with Crippen molar-refractivity contribution in [3.8, 4) is 24.7 Å². The van der Waals surface area contributed by atoms with Gasteiger partial charge in [-0.3, -0.25) is 0 Å². The van der Waals surface area contributed by atoms with Crippen LogP contribution in [0.5, 0.6) is 0 Å². The minimum atomic E-state index is -0.804. The molecule has 1 saturated heterocycles. The Labute approximate surface area is 231 Å². The summed E-state index contributed by atoms with van der Waals surface area (Å²) < 4.78 is 37.5. The molecule has 3 aromatic rings. The predicted molar refractivity (Wildman–Crippen MR) is 148 cm³/mol. The molecule has 0 bridgehead atoms. The number of terminal acetylenes is 2. The van der Waals surface area contributed by atoms with E-state index in [4.69, 9.17) is 41.3 Å². The average molecular weight is 527 g/mol. The molecule has 0 aliphatic carbocycles. The summed E-state index contributed by atoms with van der Waals surface area (Å²) in [6.45, 7) is 1.42. The molecule has 39 heavy (non-hydrogen) atoms. The predicted octanol–water partition coefficient (Wildman–Crippen LogP) is 4.77. The zero-order valence-corrected chi connectivity index (χ0v) is 21.9. The molecule has 0 amide bonds. The summed E-state index contributed by atoms with van der Waals surface area (Å²) in [5, 5.41) is 0. The molecule has 1 heterocycles. The van der Waals surface area contributed by atoms with Crippen molar-refractivity contribution in [1.82, 2.24) is 0 Å². The topological polar surface area (TPSA) is 55.4 Å². The van der Waals surface area contributed by atoms with Gasteiger partial charge in [0.15, 0.2) is 6.29 Å². The SMILES string of the molecule is C#CCOC[C@H]1OC(OCC#C)[C@H](OCc2ccccc2)[C@@H](OCc2ccccc2)[C@@H]1OCc1ccccc1. The van der Waals surface area contributed by atoms with Gasteiger partial charge in [-0.1, -0.05) is 103 Å². The Hall–Kier alpha value is -3.46. The molecule has 3 aromatic carbocycles. The molecule has 6 nitrogen and oxygen atoms in total. The van der Waals surface area contributed by atoms with Crippen molar-refractivity contribution in [1.29, 1.82) is 0 Å². The summed E-state index contributed by atoms with van der Waals surface area (Å²) in [7, 11) is 0. The van der Waals surface area contributed by atoms with Crippen molar-refractivity contribution in [2.24, 2.45) is 0 Å². The molecular formula is C33H34O6. The van der Waals surface area contributed by atoms with Gasteiger partial charge in [-0.25, -0.2) is 0 Å². The van der Waals surface area contributed by atoms with Gasteiger partial charge < -0.3 is 28.4 Å². The highest BCUT2D eigenvalue weighted by Crippen LogP contribution is 2.31. The van der Waals surface area contributed by atoms with E-state index in [1.807, 2.05) is 91.0 Å².